The van der Waals surface area contributed by atoms with E-state index in [1.54, 1.807) is 64.9 Å². The Morgan fingerprint density at radius 3 is 1.22 bits per heavy atom. The molecular formula is C50H58Cl2N4O7. The third kappa shape index (κ3) is 12.4. The highest BCUT2D eigenvalue weighted by molar-refractivity contribution is 6.30. The number of likely N-dealkylation sites (tertiary alicyclic amines) is 2. The summed E-state index contributed by atoms with van der Waals surface area (Å²) in [5, 5.41) is 10.5. The van der Waals surface area contributed by atoms with Gasteiger partial charge in [0.15, 0.2) is 5.78 Å². The van der Waals surface area contributed by atoms with Gasteiger partial charge in [-0.05, 0) is 101 Å². The summed E-state index contributed by atoms with van der Waals surface area (Å²) < 4.78 is 0. The molecule has 2 unspecified atom stereocenters. The van der Waals surface area contributed by atoms with Gasteiger partial charge in [0, 0.05) is 42.6 Å². The summed E-state index contributed by atoms with van der Waals surface area (Å²) in [4.78, 5) is 82.8. The molecular weight excluding hydrogens is 839 g/mol. The quantitative estimate of drug-likeness (QED) is 0.127. The molecule has 0 aromatic heterocycles. The zero-order chi connectivity index (χ0) is 46.2. The van der Waals surface area contributed by atoms with Gasteiger partial charge in [-0.2, -0.15) is 0 Å². The van der Waals surface area contributed by atoms with E-state index in [0.717, 1.165) is 44.5 Å². The molecule has 2 aliphatic heterocycles. The Morgan fingerprint density at radius 1 is 0.571 bits per heavy atom. The van der Waals surface area contributed by atoms with Crippen molar-refractivity contribution >= 4 is 58.6 Å². The van der Waals surface area contributed by atoms with Crippen LogP contribution in [0.4, 0.5) is 0 Å². The maximum Gasteiger partial charge on any atom is 0.323 e. The lowest BCUT2D eigenvalue weighted by atomic mass is 9.84. The molecule has 4 aromatic carbocycles. The molecule has 2 atom stereocenters. The molecule has 4 aromatic rings. The number of carbonyl (C=O) groups excluding carboxylic acids is 5. The van der Waals surface area contributed by atoms with Crippen LogP contribution in [0.1, 0.15) is 84.5 Å². The minimum atomic E-state index is -1.10. The zero-order valence-corrected chi connectivity index (χ0v) is 38.8. The van der Waals surface area contributed by atoms with Gasteiger partial charge in [-0.15, -0.1) is 0 Å². The van der Waals surface area contributed by atoms with Gasteiger partial charge in [0.1, 0.15) is 17.6 Å². The molecule has 0 bridgehead atoms. The van der Waals surface area contributed by atoms with Crippen molar-refractivity contribution in [1.29, 1.82) is 0 Å². The minimum absolute atomic E-state index is 0.0108. The summed E-state index contributed by atoms with van der Waals surface area (Å²) in [6.07, 6.45) is 1.91. The summed E-state index contributed by atoms with van der Waals surface area (Å²) in [6.45, 7) is 14.4. The third-order valence-corrected chi connectivity index (χ3v) is 12.4. The molecule has 334 valence electrons. The molecule has 2 fully saturated rings. The van der Waals surface area contributed by atoms with Gasteiger partial charge >= 0.3 is 5.97 Å². The van der Waals surface area contributed by atoms with Crippen LogP contribution in [-0.2, 0) is 54.7 Å². The number of hydrogen-bond donors (Lipinski definition) is 1. The summed E-state index contributed by atoms with van der Waals surface area (Å²) in [6, 6.07) is 26.3. The van der Waals surface area contributed by atoms with Crippen molar-refractivity contribution in [2.45, 2.75) is 105 Å². The summed E-state index contributed by atoms with van der Waals surface area (Å²) >= 11 is 11.9. The van der Waals surface area contributed by atoms with Crippen molar-refractivity contribution in [3.63, 3.8) is 0 Å². The number of rotatable bonds is 15. The molecule has 0 aliphatic carbocycles. The van der Waals surface area contributed by atoms with Crippen LogP contribution in [0.15, 0.2) is 84.9 Å². The normalized spacial score (nSPS) is 17.7. The Balaban J connectivity index is 0.000000238. The monoisotopic (exact) mass is 896 g/mol. The third-order valence-electron chi connectivity index (χ3n) is 11.9. The van der Waals surface area contributed by atoms with Crippen molar-refractivity contribution in [2.75, 3.05) is 26.2 Å². The van der Waals surface area contributed by atoms with Crippen LogP contribution >= 0.6 is 23.2 Å². The fraction of sp³-hybridized carbons (Fsp3) is 0.400. The number of amides is 4. The number of ketones is 1. The number of hydrogen-bond acceptors (Lipinski definition) is 6. The van der Waals surface area contributed by atoms with Gasteiger partial charge in [0.05, 0.1) is 19.4 Å². The number of halogens is 2. The van der Waals surface area contributed by atoms with E-state index in [4.69, 9.17) is 23.2 Å². The summed E-state index contributed by atoms with van der Waals surface area (Å²) in [5.74, 6) is -1.85. The van der Waals surface area contributed by atoms with E-state index in [1.165, 1.54) is 4.90 Å². The van der Waals surface area contributed by atoms with E-state index in [-0.39, 0.29) is 55.3 Å². The number of carboxylic acid groups (broad SMARTS) is 1. The first-order valence-corrected chi connectivity index (χ1v) is 22.0. The van der Waals surface area contributed by atoms with Crippen LogP contribution in [0.25, 0.3) is 0 Å². The first kappa shape index (κ1) is 48.5. The Hall–Kier alpha value is -5.52. The predicted molar refractivity (Wildman–Crippen MR) is 245 cm³/mol. The maximum absolute atomic E-state index is 13.6. The van der Waals surface area contributed by atoms with E-state index >= 15 is 0 Å². The lowest BCUT2D eigenvalue weighted by Gasteiger charge is -2.51. The standard InChI is InChI=1S/C26H31ClN2O3.C24H27ClN2O4/c1-5-23(30)17-28(16-20-6-8-22(27)9-7-20)25(32)26(4)10-11-29(26)24(31)15-21-13-18(2)12-19(3)14-21;1-16-10-17(2)12-19(11-16)13-21(28)27-9-8-24(27,3)23(31)26(15-22(29)30)14-18-4-6-20(25)7-5-18/h6-9,12-14H,5,10-11,15-17H2,1-4H3;4-7,10-12H,8-9,13-15H2,1-3H3,(H,29,30). The Labute approximate surface area is 380 Å². The summed E-state index contributed by atoms with van der Waals surface area (Å²) in [7, 11) is 0. The van der Waals surface area contributed by atoms with Crippen LogP contribution < -0.4 is 0 Å². The zero-order valence-electron chi connectivity index (χ0n) is 37.3. The highest BCUT2D eigenvalue weighted by Crippen LogP contribution is 2.35. The number of carbonyl (C=O) groups is 6. The number of carboxylic acids is 1. The van der Waals surface area contributed by atoms with Crippen molar-refractivity contribution in [3.8, 4) is 0 Å². The predicted octanol–water partition coefficient (Wildman–Crippen LogP) is 8.10. The highest BCUT2D eigenvalue weighted by Gasteiger charge is 2.52. The van der Waals surface area contributed by atoms with Crippen molar-refractivity contribution < 1.29 is 33.9 Å². The molecule has 6 rings (SSSR count). The second kappa shape index (κ2) is 20.8. The smallest absolute Gasteiger partial charge is 0.323 e. The number of Topliss-reactive ketones (excluding diaryl/α,β-unsaturated/α-hetero) is 1. The van der Waals surface area contributed by atoms with E-state index < -0.39 is 23.6 Å². The van der Waals surface area contributed by atoms with Crippen LogP contribution in [-0.4, -0.2) is 97.3 Å². The molecule has 13 heteroatoms. The molecule has 2 saturated heterocycles. The minimum Gasteiger partial charge on any atom is -0.480 e. The SMILES string of the molecule is CCC(=O)CN(Cc1ccc(Cl)cc1)C(=O)C1(C)CCN1C(=O)Cc1cc(C)cc(C)c1.Cc1cc(C)cc(CC(=O)N2CCC2(C)C(=O)N(CC(=O)O)Cc2ccc(Cl)cc2)c1. The molecule has 11 nitrogen and oxygen atoms in total. The number of benzene rings is 4. The molecule has 0 radical (unpaired) electrons. The fourth-order valence-electron chi connectivity index (χ4n) is 8.43. The summed E-state index contributed by atoms with van der Waals surface area (Å²) in [5.41, 5.74) is 5.94. The lowest BCUT2D eigenvalue weighted by molar-refractivity contribution is -0.165. The Bertz CT molecular complexity index is 2310. The van der Waals surface area contributed by atoms with Gasteiger partial charge in [-0.1, -0.05) is 113 Å². The van der Waals surface area contributed by atoms with Crippen LogP contribution in [0.3, 0.4) is 0 Å². The van der Waals surface area contributed by atoms with Crippen LogP contribution in [0, 0.1) is 27.7 Å². The Morgan fingerprint density at radius 2 is 0.921 bits per heavy atom. The average molecular weight is 898 g/mol. The second-order valence-corrected chi connectivity index (χ2v) is 18.2. The van der Waals surface area contributed by atoms with Crippen molar-refractivity contribution in [1.82, 2.24) is 19.6 Å². The van der Waals surface area contributed by atoms with E-state index in [9.17, 15) is 33.9 Å². The van der Waals surface area contributed by atoms with Crippen molar-refractivity contribution in [3.05, 3.63) is 139 Å². The van der Waals surface area contributed by atoms with E-state index in [1.807, 2.05) is 77.1 Å². The number of aryl methyl sites for hydroxylation is 4. The molecule has 4 amide bonds. The van der Waals surface area contributed by atoms with Gasteiger partial charge in [0.25, 0.3) is 0 Å². The van der Waals surface area contributed by atoms with E-state index in [2.05, 4.69) is 6.07 Å². The molecule has 0 saturated carbocycles. The lowest BCUT2D eigenvalue weighted by Crippen LogP contribution is -2.68. The van der Waals surface area contributed by atoms with Gasteiger partial charge in [0.2, 0.25) is 23.6 Å². The van der Waals surface area contributed by atoms with Crippen LogP contribution in [0.2, 0.25) is 10.0 Å². The van der Waals surface area contributed by atoms with Crippen LogP contribution in [0.5, 0.6) is 0 Å². The average Bonchev–Trinajstić information content (AvgIpc) is 3.19. The fourth-order valence-corrected chi connectivity index (χ4v) is 8.69. The van der Waals surface area contributed by atoms with Gasteiger partial charge < -0.3 is 24.7 Å². The molecule has 1 N–H and O–H groups in total. The Kier molecular flexibility index (Phi) is 16.0. The second-order valence-electron chi connectivity index (χ2n) is 17.3. The van der Waals surface area contributed by atoms with E-state index in [0.29, 0.717) is 48.9 Å². The first-order valence-electron chi connectivity index (χ1n) is 21.3. The first-order chi connectivity index (χ1) is 29.7. The topological polar surface area (TPSA) is 136 Å². The number of nitrogens with zero attached hydrogens (tertiary/aromatic N) is 4. The maximum atomic E-state index is 13.6. The molecule has 2 aliphatic rings. The van der Waals surface area contributed by atoms with Gasteiger partial charge in [-0.25, -0.2) is 0 Å². The highest BCUT2D eigenvalue weighted by atomic mass is 35.5. The number of aliphatic carboxylic acids is 1. The molecule has 2 heterocycles. The largest absolute Gasteiger partial charge is 0.480 e. The van der Waals surface area contributed by atoms with Crippen molar-refractivity contribution in [2.24, 2.45) is 0 Å². The molecule has 0 spiro atoms. The molecule has 63 heavy (non-hydrogen) atoms. The van der Waals surface area contributed by atoms with Gasteiger partial charge in [-0.3, -0.25) is 28.8 Å².